The number of carbonyl (C=O) groups is 2. The quantitative estimate of drug-likeness (QED) is 0.759. The average molecular weight is 366 g/mol. The Morgan fingerprint density at radius 1 is 1.04 bits per heavy atom. The van der Waals surface area contributed by atoms with Crippen LogP contribution in [0.4, 0.5) is 11.4 Å². The fourth-order valence-electron chi connectivity index (χ4n) is 3.81. The average Bonchev–Trinajstić information content (AvgIpc) is 3.23. The highest BCUT2D eigenvalue weighted by Gasteiger charge is 2.37. The molecule has 0 spiro atoms. The number of amides is 2. The first-order valence-electron chi connectivity index (χ1n) is 9.00. The molecule has 138 valence electrons. The molecular formula is C19H28ClN3O2. The molecule has 6 heteroatoms. The van der Waals surface area contributed by atoms with Crippen LogP contribution in [0.5, 0.6) is 0 Å². The van der Waals surface area contributed by atoms with Gasteiger partial charge in [0, 0.05) is 17.3 Å². The molecule has 0 unspecified atom stereocenters. The Hall–Kier alpha value is -1.59. The molecule has 0 heterocycles. The van der Waals surface area contributed by atoms with Crippen molar-refractivity contribution in [2.45, 2.75) is 63.8 Å². The van der Waals surface area contributed by atoms with Crippen molar-refractivity contribution in [1.82, 2.24) is 0 Å². The number of nitrogens with two attached hydrogens (primary N) is 1. The molecule has 1 aromatic carbocycles. The van der Waals surface area contributed by atoms with E-state index in [0.29, 0.717) is 0 Å². The molecular weight excluding hydrogens is 338 g/mol. The van der Waals surface area contributed by atoms with Crippen molar-refractivity contribution in [2.24, 2.45) is 11.7 Å². The first kappa shape index (κ1) is 19.7. The van der Waals surface area contributed by atoms with Gasteiger partial charge >= 0.3 is 0 Å². The zero-order chi connectivity index (χ0) is 17.2. The molecule has 0 atom stereocenters. The van der Waals surface area contributed by atoms with Gasteiger partial charge in [0.25, 0.3) is 0 Å². The lowest BCUT2D eigenvalue weighted by atomic mass is 9.97. The van der Waals surface area contributed by atoms with E-state index in [1.165, 1.54) is 0 Å². The summed E-state index contributed by atoms with van der Waals surface area (Å²) in [6, 6.07) is 5.59. The maximum absolute atomic E-state index is 12.5. The molecule has 25 heavy (non-hydrogen) atoms. The molecule has 2 fully saturated rings. The van der Waals surface area contributed by atoms with Crippen LogP contribution in [0.2, 0.25) is 0 Å². The summed E-state index contributed by atoms with van der Waals surface area (Å²) in [7, 11) is 0. The fourth-order valence-corrected chi connectivity index (χ4v) is 3.81. The predicted octanol–water partition coefficient (Wildman–Crippen LogP) is 3.76. The summed E-state index contributed by atoms with van der Waals surface area (Å²) in [6.07, 6.45) is 7.66. The van der Waals surface area contributed by atoms with Gasteiger partial charge < -0.3 is 16.4 Å². The second kappa shape index (κ2) is 8.19. The van der Waals surface area contributed by atoms with E-state index in [0.717, 1.165) is 68.3 Å². The Balaban J connectivity index is 0.00000225. The summed E-state index contributed by atoms with van der Waals surface area (Å²) in [5.74, 6) is 0.0842. The predicted molar refractivity (Wildman–Crippen MR) is 103 cm³/mol. The van der Waals surface area contributed by atoms with Gasteiger partial charge in [-0.25, -0.2) is 0 Å². The molecule has 1 aromatic rings. The minimum Gasteiger partial charge on any atom is -0.326 e. The number of carbonyl (C=O) groups excluding carboxylic acids is 2. The maximum Gasteiger partial charge on any atom is 0.244 e. The molecule has 0 bridgehead atoms. The summed E-state index contributed by atoms with van der Waals surface area (Å²) in [4.78, 5) is 24.9. The third-order valence-electron chi connectivity index (χ3n) is 5.51. The number of nitrogens with one attached hydrogen (secondary N) is 2. The van der Waals surface area contributed by atoms with Crippen LogP contribution in [0, 0.1) is 12.8 Å². The Morgan fingerprint density at radius 2 is 1.60 bits per heavy atom. The number of hydrogen-bond donors (Lipinski definition) is 3. The summed E-state index contributed by atoms with van der Waals surface area (Å²) in [5.41, 5.74) is 7.83. The van der Waals surface area contributed by atoms with Gasteiger partial charge in [0.2, 0.25) is 11.8 Å². The Bertz CT molecular complexity index is 636. The highest BCUT2D eigenvalue weighted by Crippen LogP contribution is 2.31. The first-order valence-corrected chi connectivity index (χ1v) is 9.00. The van der Waals surface area contributed by atoms with E-state index < -0.39 is 5.54 Å². The summed E-state index contributed by atoms with van der Waals surface area (Å²) < 4.78 is 0. The second-order valence-electron chi connectivity index (χ2n) is 7.27. The minimum atomic E-state index is -0.754. The van der Waals surface area contributed by atoms with Crippen molar-refractivity contribution in [3.63, 3.8) is 0 Å². The van der Waals surface area contributed by atoms with Crippen LogP contribution in [-0.2, 0) is 9.59 Å². The van der Waals surface area contributed by atoms with E-state index in [9.17, 15) is 9.59 Å². The van der Waals surface area contributed by atoms with Gasteiger partial charge in [-0.15, -0.1) is 12.4 Å². The third-order valence-corrected chi connectivity index (χ3v) is 5.51. The first-order chi connectivity index (χ1) is 11.5. The smallest absolute Gasteiger partial charge is 0.244 e. The van der Waals surface area contributed by atoms with Crippen molar-refractivity contribution < 1.29 is 9.59 Å². The molecule has 0 radical (unpaired) electrons. The SMILES string of the molecule is Cc1c(NC(=O)C2CCCC2)cccc1NC(=O)C1(N)CCCC1.Cl. The Morgan fingerprint density at radius 3 is 2.20 bits per heavy atom. The van der Waals surface area contributed by atoms with Crippen LogP contribution >= 0.6 is 12.4 Å². The van der Waals surface area contributed by atoms with Gasteiger partial charge in [0.05, 0.1) is 5.54 Å². The van der Waals surface area contributed by atoms with Crippen LogP contribution in [0.3, 0.4) is 0 Å². The van der Waals surface area contributed by atoms with E-state index in [4.69, 9.17) is 5.73 Å². The van der Waals surface area contributed by atoms with Crippen LogP contribution in [-0.4, -0.2) is 17.4 Å². The largest absolute Gasteiger partial charge is 0.326 e. The van der Waals surface area contributed by atoms with E-state index in [2.05, 4.69) is 10.6 Å². The van der Waals surface area contributed by atoms with Crippen molar-refractivity contribution >= 4 is 35.6 Å². The van der Waals surface area contributed by atoms with E-state index in [-0.39, 0.29) is 30.1 Å². The topological polar surface area (TPSA) is 84.2 Å². The zero-order valence-electron chi connectivity index (χ0n) is 14.8. The number of hydrogen-bond acceptors (Lipinski definition) is 3. The van der Waals surface area contributed by atoms with Gasteiger partial charge in [-0.2, -0.15) is 0 Å². The lowest BCUT2D eigenvalue weighted by Crippen LogP contribution is -2.48. The molecule has 4 N–H and O–H groups in total. The highest BCUT2D eigenvalue weighted by molar-refractivity contribution is 6.00. The fraction of sp³-hybridized carbons (Fsp3) is 0.579. The second-order valence-corrected chi connectivity index (χ2v) is 7.27. The summed E-state index contributed by atoms with van der Waals surface area (Å²) >= 11 is 0. The summed E-state index contributed by atoms with van der Waals surface area (Å²) in [5, 5.41) is 5.98. The Labute approximate surface area is 155 Å². The zero-order valence-corrected chi connectivity index (χ0v) is 15.6. The lowest BCUT2D eigenvalue weighted by molar-refractivity contribution is -0.121. The molecule has 2 saturated carbocycles. The van der Waals surface area contributed by atoms with E-state index in [1.54, 1.807) is 0 Å². The number of benzene rings is 1. The van der Waals surface area contributed by atoms with Crippen LogP contribution in [0.15, 0.2) is 18.2 Å². The maximum atomic E-state index is 12.5. The third kappa shape index (κ3) is 4.33. The van der Waals surface area contributed by atoms with Crippen LogP contribution in [0.25, 0.3) is 0 Å². The molecule has 2 aliphatic rings. The van der Waals surface area contributed by atoms with Gasteiger partial charge in [0.1, 0.15) is 0 Å². The van der Waals surface area contributed by atoms with Crippen molar-refractivity contribution in [3.8, 4) is 0 Å². The molecule has 3 rings (SSSR count). The van der Waals surface area contributed by atoms with Crippen molar-refractivity contribution in [2.75, 3.05) is 10.6 Å². The molecule has 2 amide bonds. The van der Waals surface area contributed by atoms with Gasteiger partial charge in [-0.1, -0.05) is 31.7 Å². The van der Waals surface area contributed by atoms with Crippen molar-refractivity contribution in [3.05, 3.63) is 23.8 Å². The summed E-state index contributed by atoms with van der Waals surface area (Å²) in [6.45, 7) is 1.91. The molecule has 0 saturated heterocycles. The van der Waals surface area contributed by atoms with Crippen LogP contribution < -0.4 is 16.4 Å². The van der Waals surface area contributed by atoms with Gasteiger partial charge in [0.15, 0.2) is 0 Å². The van der Waals surface area contributed by atoms with Crippen LogP contribution in [0.1, 0.15) is 56.9 Å². The Kier molecular flexibility index (Phi) is 6.47. The standard InChI is InChI=1S/C19H27N3O2.ClH/c1-13-15(21-17(23)14-7-2-3-8-14)9-6-10-16(13)22-18(24)19(20)11-4-5-12-19;/h6,9-10,14H,2-5,7-8,11-12,20H2,1H3,(H,21,23)(H,22,24);1H. The number of rotatable bonds is 4. The van der Waals surface area contributed by atoms with E-state index in [1.807, 2.05) is 25.1 Å². The number of halogens is 1. The number of anilines is 2. The van der Waals surface area contributed by atoms with Gasteiger partial charge in [-0.05, 0) is 50.3 Å². The minimum absolute atomic E-state index is 0. The van der Waals surface area contributed by atoms with Gasteiger partial charge in [-0.3, -0.25) is 9.59 Å². The normalized spacial score (nSPS) is 19.3. The molecule has 0 aliphatic heterocycles. The molecule has 0 aromatic heterocycles. The molecule has 2 aliphatic carbocycles. The monoisotopic (exact) mass is 365 g/mol. The molecule has 5 nitrogen and oxygen atoms in total. The van der Waals surface area contributed by atoms with E-state index >= 15 is 0 Å². The van der Waals surface area contributed by atoms with Crippen molar-refractivity contribution in [1.29, 1.82) is 0 Å². The lowest BCUT2D eigenvalue weighted by Gasteiger charge is -2.23. The highest BCUT2D eigenvalue weighted by atomic mass is 35.5.